The van der Waals surface area contributed by atoms with Gasteiger partial charge in [0.15, 0.2) is 0 Å². The van der Waals surface area contributed by atoms with Crippen molar-refractivity contribution >= 4 is 58.7 Å². The highest BCUT2D eigenvalue weighted by atomic mass is 35.5. The van der Waals surface area contributed by atoms with Gasteiger partial charge in [-0.3, -0.25) is 0 Å². The van der Waals surface area contributed by atoms with Crippen LogP contribution in [0, 0.1) is 22.7 Å². The third kappa shape index (κ3) is 13.8. The number of thioether (sulfide) groups is 1. The molecule has 1 unspecified atom stereocenters. The largest absolute Gasteiger partial charge is 0.490 e. The standard InChI is InChI=1S/C41H46ClN7O7S2/c1-40(2,3)55-38(51)46-18-8-9-32(48-39(52)56-41(4,5)6)37(50)54-20-19-53-29-16-12-25(13-17-29)33-30(21-43)34(45-7)49-36(31(33)22-44)58-24-28-23-57-35(47-28)26-10-14-27(42)15-11-26/h10-17,23,32H,8-9,18-20,24H2,1-7H3,(H,45,49)(H,46,51)(H,48,52). The lowest BCUT2D eigenvalue weighted by Crippen LogP contribution is -2.45. The maximum absolute atomic E-state index is 13.0. The Kier molecular flexibility index (Phi) is 16.2. The molecular formula is C41H46ClN7O7S2. The van der Waals surface area contributed by atoms with Crippen LogP contribution in [0.3, 0.4) is 0 Å². The van der Waals surface area contributed by atoms with Gasteiger partial charge in [0, 0.05) is 40.9 Å². The van der Waals surface area contributed by atoms with E-state index in [1.54, 1.807) is 72.9 Å². The number of carbonyl (C=O) groups is 3. The Morgan fingerprint density at radius 3 is 2.14 bits per heavy atom. The second kappa shape index (κ2) is 20.7. The average Bonchev–Trinajstić information content (AvgIpc) is 3.64. The topological polar surface area (TPSA) is 198 Å². The molecule has 0 spiro atoms. The fourth-order valence-corrected chi connectivity index (χ4v) is 7.16. The predicted octanol–water partition coefficient (Wildman–Crippen LogP) is 8.72. The van der Waals surface area contributed by atoms with Crippen LogP contribution in [0.1, 0.15) is 71.2 Å². The monoisotopic (exact) mass is 847 g/mol. The summed E-state index contributed by atoms with van der Waals surface area (Å²) in [6, 6.07) is 17.7. The molecule has 4 aromatic rings. The van der Waals surface area contributed by atoms with Gasteiger partial charge in [0.25, 0.3) is 0 Å². The molecule has 2 aromatic carbocycles. The number of aromatic nitrogens is 2. The van der Waals surface area contributed by atoms with Gasteiger partial charge in [0.2, 0.25) is 0 Å². The number of hydrogen-bond acceptors (Lipinski definition) is 14. The normalized spacial score (nSPS) is 11.7. The van der Waals surface area contributed by atoms with E-state index in [2.05, 4.69) is 33.1 Å². The second-order valence-electron chi connectivity index (χ2n) is 14.6. The van der Waals surface area contributed by atoms with Gasteiger partial charge >= 0.3 is 18.2 Å². The summed E-state index contributed by atoms with van der Waals surface area (Å²) in [5.74, 6) is 0.533. The first-order valence-corrected chi connectivity index (χ1v) is 20.5. The highest BCUT2D eigenvalue weighted by Gasteiger charge is 2.26. The van der Waals surface area contributed by atoms with Crippen molar-refractivity contribution in [3.63, 3.8) is 0 Å². The zero-order valence-corrected chi connectivity index (χ0v) is 35.7. The minimum Gasteiger partial charge on any atom is -0.490 e. The fourth-order valence-electron chi connectivity index (χ4n) is 5.22. The van der Waals surface area contributed by atoms with Gasteiger partial charge in [-0.15, -0.1) is 11.3 Å². The maximum atomic E-state index is 13.0. The van der Waals surface area contributed by atoms with Crippen LogP contribution in [-0.4, -0.2) is 72.2 Å². The van der Waals surface area contributed by atoms with Crippen LogP contribution in [0.2, 0.25) is 5.02 Å². The highest BCUT2D eigenvalue weighted by molar-refractivity contribution is 7.98. The van der Waals surface area contributed by atoms with Crippen LogP contribution < -0.4 is 20.7 Å². The number of thiazole rings is 1. The Labute approximate surface area is 351 Å². The zero-order chi connectivity index (χ0) is 42.5. The minimum absolute atomic E-state index is 0.00632. The molecular weight excluding hydrogens is 802 g/mol. The van der Waals surface area contributed by atoms with Crippen LogP contribution >= 0.6 is 34.7 Å². The molecule has 58 heavy (non-hydrogen) atoms. The number of anilines is 1. The van der Waals surface area contributed by atoms with Crippen molar-refractivity contribution in [2.24, 2.45) is 0 Å². The molecule has 2 aromatic heterocycles. The van der Waals surface area contributed by atoms with Crippen LogP contribution in [0.4, 0.5) is 15.4 Å². The van der Waals surface area contributed by atoms with E-state index in [1.807, 2.05) is 29.6 Å². The molecule has 0 aliphatic rings. The van der Waals surface area contributed by atoms with Crippen molar-refractivity contribution in [3.8, 4) is 39.6 Å². The number of esters is 1. The lowest BCUT2D eigenvalue weighted by Gasteiger charge is -2.23. The van der Waals surface area contributed by atoms with Crippen LogP contribution in [-0.2, 0) is 24.8 Å². The van der Waals surface area contributed by atoms with Crippen molar-refractivity contribution in [1.29, 1.82) is 10.5 Å². The van der Waals surface area contributed by atoms with E-state index in [0.717, 1.165) is 16.3 Å². The van der Waals surface area contributed by atoms with Gasteiger partial charge in [0.05, 0.1) is 11.3 Å². The first-order valence-electron chi connectivity index (χ1n) is 18.3. The molecule has 4 rings (SSSR count). The first kappa shape index (κ1) is 45.2. The van der Waals surface area contributed by atoms with Crippen LogP contribution in [0.25, 0.3) is 21.7 Å². The predicted molar refractivity (Wildman–Crippen MR) is 224 cm³/mol. The number of hydrogen-bond donors (Lipinski definition) is 3. The van der Waals surface area contributed by atoms with Crippen LogP contribution in [0.15, 0.2) is 58.9 Å². The SMILES string of the molecule is CNc1nc(SCc2csc(-c3ccc(Cl)cc3)n2)c(C#N)c(-c2ccc(OCCOC(=O)C(CCCNC(=O)OC(C)(C)C)NC(=O)OC(C)(C)C)cc2)c1C#N. The van der Waals surface area contributed by atoms with E-state index < -0.39 is 35.4 Å². The summed E-state index contributed by atoms with van der Waals surface area (Å²) in [5, 5.41) is 32.6. The third-order valence-electron chi connectivity index (χ3n) is 7.68. The van der Waals surface area contributed by atoms with E-state index in [0.29, 0.717) is 44.9 Å². The first-order chi connectivity index (χ1) is 27.5. The Hall–Kier alpha value is -5.55. The molecule has 0 bridgehead atoms. The molecule has 0 saturated carbocycles. The summed E-state index contributed by atoms with van der Waals surface area (Å²) in [6.07, 6.45) is -0.876. The van der Waals surface area contributed by atoms with Gasteiger partial charge in [-0.05, 0) is 84.2 Å². The number of nitriles is 2. The number of nitrogens with zero attached hydrogens (tertiary/aromatic N) is 4. The van der Waals surface area contributed by atoms with Crippen molar-refractivity contribution < 1.29 is 33.3 Å². The van der Waals surface area contributed by atoms with Crippen molar-refractivity contribution in [3.05, 3.63) is 75.8 Å². The lowest BCUT2D eigenvalue weighted by atomic mass is 9.96. The number of carbonyl (C=O) groups excluding carboxylic acids is 3. The Morgan fingerprint density at radius 1 is 0.879 bits per heavy atom. The number of nitrogens with one attached hydrogen (secondary N) is 3. The van der Waals surface area contributed by atoms with E-state index in [1.165, 1.54) is 23.1 Å². The fraction of sp³-hybridized carbons (Fsp3) is 0.390. The Bertz CT molecular complexity index is 2140. The number of rotatable bonds is 16. The smallest absolute Gasteiger partial charge is 0.408 e. The van der Waals surface area contributed by atoms with Gasteiger partial charge in [-0.25, -0.2) is 24.4 Å². The van der Waals surface area contributed by atoms with Gasteiger partial charge in [-0.1, -0.05) is 47.6 Å². The average molecular weight is 848 g/mol. The van der Waals surface area contributed by atoms with E-state index >= 15 is 0 Å². The molecule has 2 amide bonds. The van der Waals surface area contributed by atoms with E-state index in [9.17, 15) is 24.9 Å². The number of benzene rings is 2. The summed E-state index contributed by atoms with van der Waals surface area (Å²) >= 11 is 8.90. The molecule has 2 heterocycles. The van der Waals surface area contributed by atoms with E-state index in [-0.39, 0.29) is 37.3 Å². The minimum atomic E-state index is -1.04. The maximum Gasteiger partial charge on any atom is 0.408 e. The number of amides is 2. The molecule has 306 valence electrons. The molecule has 0 aliphatic heterocycles. The van der Waals surface area contributed by atoms with E-state index in [4.69, 9.17) is 35.5 Å². The molecule has 1 atom stereocenters. The molecule has 17 heteroatoms. The summed E-state index contributed by atoms with van der Waals surface area (Å²) in [7, 11) is 1.66. The van der Waals surface area contributed by atoms with Crippen molar-refractivity contribution in [1.82, 2.24) is 20.6 Å². The van der Waals surface area contributed by atoms with Crippen molar-refractivity contribution in [2.45, 2.75) is 82.4 Å². The van der Waals surface area contributed by atoms with Gasteiger partial charge in [0.1, 0.15) is 69.8 Å². The van der Waals surface area contributed by atoms with Gasteiger partial charge < -0.3 is 34.9 Å². The van der Waals surface area contributed by atoms with Gasteiger partial charge in [-0.2, -0.15) is 10.5 Å². The summed E-state index contributed by atoms with van der Waals surface area (Å²) in [4.78, 5) is 46.9. The molecule has 0 fully saturated rings. The number of halogens is 1. The highest BCUT2D eigenvalue weighted by Crippen LogP contribution is 2.38. The summed E-state index contributed by atoms with van der Waals surface area (Å²) in [6.45, 7) is 10.4. The zero-order valence-electron chi connectivity index (χ0n) is 33.4. The quantitative estimate of drug-likeness (QED) is 0.0419. The molecule has 3 N–H and O–H groups in total. The lowest BCUT2D eigenvalue weighted by molar-refractivity contribution is -0.147. The summed E-state index contributed by atoms with van der Waals surface area (Å²) in [5.41, 5.74) is 1.83. The third-order valence-corrected chi connectivity index (χ3v) is 9.88. The number of ether oxygens (including phenoxy) is 4. The van der Waals surface area contributed by atoms with Crippen molar-refractivity contribution in [2.75, 3.05) is 32.1 Å². The molecule has 0 aliphatic carbocycles. The Morgan fingerprint density at radius 2 is 1.52 bits per heavy atom. The Balaban J connectivity index is 1.39. The number of alkyl carbamates (subject to hydrolysis) is 2. The molecule has 0 saturated heterocycles. The number of pyridine rings is 1. The molecule has 14 nitrogen and oxygen atoms in total. The molecule has 0 radical (unpaired) electrons. The summed E-state index contributed by atoms with van der Waals surface area (Å²) < 4.78 is 21.8. The van der Waals surface area contributed by atoms with Crippen LogP contribution in [0.5, 0.6) is 5.75 Å². The second-order valence-corrected chi connectivity index (χ2v) is 16.9.